The third-order valence-corrected chi connectivity index (χ3v) is 4.37. The Morgan fingerprint density at radius 3 is 3.05 bits per heavy atom. The first-order valence-electron chi connectivity index (χ1n) is 6.85. The van der Waals surface area contributed by atoms with Crippen LogP contribution in [0.15, 0.2) is 27.5 Å². The van der Waals surface area contributed by atoms with E-state index in [1.807, 2.05) is 13.1 Å². The van der Waals surface area contributed by atoms with Gasteiger partial charge in [0, 0.05) is 50.0 Å². The Kier molecular flexibility index (Phi) is 4.95. The first-order valence-corrected chi connectivity index (χ1v) is 7.80. The van der Waals surface area contributed by atoms with E-state index in [9.17, 15) is 4.79 Å². The summed E-state index contributed by atoms with van der Waals surface area (Å²) in [5.74, 6) is -0.310. The third kappa shape index (κ3) is 3.48. The molecule has 4 nitrogen and oxygen atoms in total. The van der Waals surface area contributed by atoms with E-state index in [2.05, 4.69) is 33.8 Å². The average molecular weight is 291 g/mol. The number of hydrogen-bond donors (Lipinski definition) is 1. The number of carbonyl (C=O) groups is 1. The summed E-state index contributed by atoms with van der Waals surface area (Å²) in [6, 6.07) is 2.12. The van der Waals surface area contributed by atoms with Crippen LogP contribution in [0.25, 0.3) is 5.57 Å². The highest BCUT2D eigenvalue weighted by molar-refractivity contribution is 7.08. The SMILES string of the molecule is CC(CCN(C)C1=C(c2ccsc2)C=NCC1)C(N)=O. The standard InChI is InChI=1S/C15H21N3OS/c1-11(15(16)19)4-7-18(2)14-3-6-17-9-13(14)12-5-8-20-10-12/h5,8-11H,3-4,6-7H2,1-2H3,(H2,16,19). The zero-order chi connectivity index (χ0) is 14.5. The van der Waals surface area contributed by atoms with Crippen LogP contribution in [0.1, 0.15) is 25.3 Å². The number of amides is 1. The summed E-state index contributed by atoms with van der Waals surface area (Å²) in [6.45, 7) is 3.55. The molecule has 0 aliphatic carbocycles. The van der Waals surface area contributed by atoms with Crippen molar-refractivity contribution in [2.45, 2.75) is 19.8 Å². The molecule has 2 rings (SSSR count). The lowest BCUT2D eigenvalue weighted by atomic mass is 10.0. The largest absolute Gasteiger partial charge is 0.377 e. The first-order chi connectivity index (χ1) is 9.59. The van der Waals surface area contributed by atoms with Gasteiger partial charge in [-0.2, -0.15) is 11.3 Å². The molecule has 2 N–H and O–H groups in total. The van der Waals surface area contributed by atoms with Crippen LogP contribution in [0.5, 0.6) is 0 Å². The number of allylic oxidation sites excluding steroid dienone is 1. The molecule has 0 bridgehead atoms. The van der Waals surface area contributed by atoms with E-state index in [0.29, 0.717) is 0 Å². The van der Waals surface area contributed by atoms with Crippen LogP contribution in [0.2, 0.25) is 0 Å². The molecule has 1 aromatic rings. The summed E-state index contributed by atoms with van der Waals surface area (Å²) in [7, 11) is 2.08. The summed E-state index contributed by atoms with van der Waals surface area (Å²) >= 11 is 1.69. The topological polar surface area (TPSA) is 58.7 Å². The molecule has 0 aromatic carbocycles. The lowest BCUT2D eigenvalue weighted by molar-refractivity contribution is -0.121. The first kappa shape index (κ1) is 14.8. The molecule has 108 valence electrons. The number of carbonyl (C=O) groups excluding carboxylic acids is 1. The van der Waals surface area contributed by atoms with Gasteiger partial charge in [-0.1, -0.05) is 6.92 Å². The van der Waals surface area contributed by atoms with E-state index < -0.39 is 0 Å². The minimum Gasteiger partial charge on any atom is -0.377 e. The summed E-state index contributed by atoms with van der Waals surface area (Å²) in [5, 5.41) is 4.23. The van der Waals surface area contributed by atoms with Crippen LogP contribution >= 0.6 is 11.3 Å². The van der Waals surface area contributed by atoms with Crippen molar-refractivity contribution in [3.8, 4) is 0 Å². The quantitative estimate of drug-likeness (QED) is 0.875. The zero-order valence-electron chi connectivity index (χ0n) is 12.0. The molecule has 1 unspecified atom stereocenters. The van der Waals surface area contributed by atoms with Crippen LogP contribution in [0.3, 0.4) is 0 Å². The zero-order valence-corrected chi connectivity index (χ0v) is 12.8. The highest BCUT2D eigenvalue weighted by Gasteiger charge is 2.17. The smallest absolute Gasteiger partial charge is 0.220 e. The molecule has 0 radical (unpaired) electrons. The summed E-state index contributed by atoms with van der Waals surface area (Å²) < 4.78 is 0. The van der Waals surface area contributed by atoms with E-state index >= 15 is 0 Å². The van der Waals surface area contributed by atoms with Gasteiger partial charge in [-0.3, -0.25) is 9.79 Å². The third-order valence-electron chi connectivity index (χ3n) is 3.69. The monoisotopic (exact) mass is 291 g/mol. The molecule has 0 saturated heterocycles. The number of nitrogens with zero attached hydrogens (tertiary/aromatic N) is 2. The van der Waals surface area contributed by atoms with Crippen molar-refractivity contribution in [1.29, 1.82) is 0 Å². The van der Waals surface area contributed by atoms with Crippen LogP contribution in [-0.2, 0) is 4.79 Å². The predicted octanol–water partition coefficient (Wildman–Crippen LogP) is 2.38. The Hall–Kier alpha value is -1.62. The molecular weight excluding hydrogens is 270 g/mol. The number of primary amides is 1. The van der Waals surface area contributed by atoms with Gasteiger partial charge in [0.15, 0.2) is 0 Å². The average Bonchev–Trinajstić information content (AvgIpc) is 2.98. The molecule has 1 atom stereocenters. The second-order valence-electron chi connectivity index (χ2n) is 5.17. The number of rotatable bonds is 6. The van der Waals surface area contributed by atoms with E-state index in [1.54, 1.807) is 11.3 Å². The fraction of sp³-hybridized carbons (Fsp3) is 0.467. The second-order valence-corrected chi connectivity index (χ2v) is 5.95. The van der Waals surface area contributed by atoms with Crippen molar-refractivity contribution in [1.82, 2.24) is 4.90 Å². The van der Waals surface area contributed by atoms with Crippen molar-refractivity contribution in [2.75, 3.05) is 20.1 Å². The molecule has 0 fully saturated rings. The number of aliphatic imine (C=N–C) groups is 1. The van der Waals surface area contributed by atoms with E-state index in [1.165, 1.54) is 16.8 Å². The molecule has 1 aliphatic heterocycles. The minimum atomic E-state index is -0.226. The van der Waals surface area contributed by atoms with Gasteiger partial charge in [-0.15, -0.1) is 0 Å². The van der Waals surface area contributed by atoms with Gasteiger partial charge in [0.25, 0.3) is 0 Å². The Morgan fingerprint density at radius 1 is 1.60 bits per heavy atom. The van der Waals surface area contributed by atoms with Gasteiger partial charge in [-0.25, -0.2) is 0 Å². The van der Waals surface area contributed by atoms with Crippen LogP contribution in [-0.4, -0.2) is 37.2 Å². The summed E-state index contributed by atoms with van der Waals surface area (Å²) in [5.41, 5.74) is 9.04. The van der Waals surface area contributed by atoms with E-state index in [-0.39, 0.29) is 11.8 Å². The number of nitrogens with two attached hydrogens (primary N) is 1. The maximum Gasteiger partial charge on any atom is 0.220 e. The van der Waals surface area contributed by atoms with Gasteiger partial charge < -0.3 is 10.6 Å². The highest BCUT2D eigenvalue weighted by atomic mass is 32.1. The molecule has 5 heteroatoms. The fourth-order valence-electron chi connectivity index (χ4n) is 2.26. The van der Waals surface area contributed by atoms with Crippen molar-refractivity contribution >= 4 is 29.0 Å². The van der Waals surface area contributed by atoms with Gasteiger partial charge in [0.05, 0.1) is 0 Å². The normalized spacial score (nSPS) is 16.3. The lowest BCUT2D eigenvalue weighted by Gasteiger charge is -2.27. The molecule has 0 spiro atoms. The molecule has 1 aromatic heterocycles. The molecule has 0 saturated carbocycles. The van der Waals surface area contributed by atoms with Crippen LogP contribution in [0, 0.1) is 5.92 Å². The maximum atomic E-state index is 11.1. The number of thiophene rings is 1. The highest BCUT2D eigenvalue weighted by Crippen LogP contribution is 2.26. The minimum absolute atomic E-state index is 0.0834. The molecule has 2 heterocycles. The molecule has 1 aliphatic rings. The number of hydrogen-bond acceptors (Lipinski definition) is 4. The van der Waals surface area contributed by atoms with Crippen LogP contribution in [0.4, 0.5) is 0 Å². The van der Waals surface area contributed by atoms with Crippen molar-refractivity contribution in [3.05, 3.63) is 28.1 Å². The van der Waals surface area contributed by atoms with Gasteiger partial charge >= 0.3 is 0 Å². The Labute approximate surface area is 124 Å². The molecule has 20 heavy (non-hydrogen) atoms. The van der Waals surface area contributed by atoms with Gasteiger partial charge in [-0.05, 0) is 28.8 Å². The number of dihydropyridines is 1. The summed E-state index contributed by atoms with van der Waals surface area (Å²) in [4.78, 5) is 17.7. The Morgan fingerprint density at radius 2 is 2.40 bits per heavy atom. The predicted molar refractivity (Wildman–Crippen MR) is 84.8 cm³/mol. The van der Waals surface area contributed by atoms with E-state index in [4.69, 9.17) is 5.73 Å². The summed E-state index contributed by atoms with van der Waals surface area (Å²) in [6.07, 6.45) is 3.70. The van der Waals surface area contributed by atoms with Crippen LogP contribution < -0.4 is 5.73 Å². The Bertz CT molecular complexity index is 519. The maximum absolute atomic E-state index is 11.1. The lowest BCUT2D eigenvalue weighted by Crippen LogP contribution is -2.28. The van der Waals surface area contributed by atoms with E-state index in [0.717, 1.165) is 25.9 Å². The van der Waals surface area contributed by atoms with Crippen molar-refractivity contribution in [3.63, 3.8) is 0 Å². The Balaban J connectivity index is 2.11. The molecular formula is C15H21N3OS. The molecule has 1 amide bonds. The second kappa shape index (κ2) is 6.70. The van der Waals surface area contributed by atoms with Crippen molar-refractivity contribution < 1.29 is 4.79 Å². The fourth-order valence-corrected chi connectivity index (χ4v) is 2.91. The van der Waals surface area contributed by atoms with Gasteiger partial charge in [0.1, 0.15) is 0 Å². The van der Waals surface area contributed by atoms with Crippen molar-refractivity contribution in [2.24, 2.45) is 16.6 Å². The van der Waals surface area contributed by atoms with Gasteiger partial charge in [0.2, 0.25) is 5.91 Å².